The van der Waals surface area contributed by atoms with Crippen LogP contribution in [0.4, 0.5) is 0 Å². The van der Waals surface area contributed by atoms with E-state index < -0.39 is 10.8 Å². The van der Waals surface area contributed by atoms with Crippen molar-refractivity contribution >= 4 is 26.7 Å². The lowest BCUT2D eigenvalue weighted by Crippen LogP contribution is -1.90. The minimum absolute atomic E-state index is 0.711. The minimum atomic E-state index is -0.950. The van der Waals surface area contributed by atoms with Crippen molar-refractivity contribution in [1.82, 2.24) is 0 Å². The Morgan fingerprint density at radius 1 is 1.50 bits per heavy atom. The van der Waals surface area contributed by atoms with Crippen molar-refractivity contribution in [1.29, 1.82) is 0 Å². The van der Waals surface area contributed by atoms with Crippen LogP contribution in [-0.4, -0.2) is 17.6 Å². The lowest BCUT2D eigenvalue weighted by Gasteiger charge is -2.03. The maximum absolute atomic E-state index is 11.1. The molecule has 0 aliphatic rings. The van der Waals surface area contributed by atoms with E-state index in [-0.39, 0.29) is 0 Å². The zero-order valence-electron chi connectivity index (χ0n) is 6.83. The fraction of sp³-hybridized carbons (Fsp3) is 0.250. The molecule has 2 nitrogen and oxygen atoms in total. The normalized spacial score (nSPS) is 12.6. The summed E-state index contributed by atoms with van der Waals surface area (Å²) in [6, 6.07) is 5.40. The summed E-state index contributed by atoms with van der Waals surface area (Å²) in [6.07, 6.45) is 1.64. The van der Waals surface area contributed by atoms with Crippen LogP contribution >= 0.6 is 15.9 Å². The second kappa shape index (κ2) is 4.05. The van der Waals surface area contributed by atoms with Crippen molar-refractivity contribution in [3.8, 4) is 5.75 Å². The quantitative estimate of drug-likeness (QED) is 0.803. The molecule has 0 saturated heterocycles. The largest absolute Gasteiger partial charge is 0.496 e. The molecule has 0 aliphatic heterocycles. The summed E-state index contributed by atoms with van der Waals surface area (Å²) in [5, 5.41) is 0. The van der Waals surface area contributed by atoms with Crippen molar-refractivity contribution in [3.63, 3.8) is 0 Å². The van der Waals surface area contributed by atoms with Gasteiger partial charge in [0, 0.05) is 22.0 Å². The van der Waals surface area contributed by atoms with Crippen molar-refractivity contribution in [2.75, 3.05) is 13.4 Å². The number of halogens is 1. The van der Waals surface area contributed by atoms with E-state index in [0.717, 1.165) is 9.37 Å². The van der Waals surface area contributed by atoms with Crippen molar-refractivity contribution in [2.24, 2.45) is 0 Å². The first-order valence-electron chi connectivity index (χ1n) is 3.32. The Balaban J connectivity index is 3.13. The molecular weight excluding hydrogens is 240 g/mol. The number of benzene rings is 1. The minimum Gasteiger partial charge on any atom is -0.496 e. The molecule has 1 aromatic rings. The Kier molecular flexibility index (Phi) is 3.29. The highest BCUT2D eigenvalue weighted by molar-refractivity contribution is 9.10. The summed E-state index contributed by atoms with van der Waals surface area (Å²) in [5.41, 5.74) is 0. The van der Waals surface area contributed by atoms with E-state index in [1.807, 2.05) is 12.1 Å². The molecule has 0 radical (unpaired) electrons. The topological polar surface area (TPSA) is 26.3 Å². The van der Waals surface area contributed by atoms with Gasteiger partial charge in [0.25, 0.3) is 0 Å². The highest BCUT2D eigenvalue weighted by Crippen LogP contribution is 2.26. The fourth-order valence-corrected chi connectivity index (χ4v) is 1.76. The summed E-state index contributed by atoms with van der Waals surface area (Å²) in [4.78, 5) is 0.773. The van der Waals surface area contributed by atoms with Crippen LogP contribution in [0.5, 0.6) is 5.75 Å². The van der Waals surface area contributed by atoms with Gasteiger partial charge in [-0.25, -0.2) is 0 Å². The zero-order valence-corrected chi connectivity index (χ0v) is 9.24. The Hall–Kier alpha value is -0.350. The molecule has 0 unspecified atom stereocenters. The first-order chi connectivity index (χ1) is 5.65. The van der Waals surface area contributed by atoms with Crippen LogP contribution in [0.15, 0.2) is 27.6 Å². The van der Waals surface area contributed by atoms with Crippen LogP contribution in [0.1, 0.15) is 0 Å². The number of hydrogen-bond donors (Lipinski definition) is 0. The van der Waals surface area contributed by atoms with Crippen LogP contribution in [0.2, 0.25) is 0 Å². The third-order valence-corrected chi connectivity index (χ3v) is 3.03. The molecule has 0 aliphatic carbocycles. The summed E-state index contributed by atoms with van der Waals surface area (Å²) in [6.45, 7) is 0. The number of hydrogen-bond acceptors (Lipinski definition) is 2. The molecule has 1 rings (SSSR count). The molecule has 0 saturated carbocycles. The van der Waals surface area contributed by atoms with Gasteiger partial charge in [0.05, 0.1) is 11.6 Å². The van der Waals surface area contributed by atoms with E-state index in [0.29, 0.717) is 5.75 Å². The number of rotatable bonds is 2. The van der Waals surface area contributed by atoms with Gasteiger partial charge in [0.1, 0.15) is 5.75 Å². The van der Waals surface area contributed by atoms with Crippen LogP contribution in [0.25, 0.3) is 0 Å². The van der Waals surface area contributed by atoms with Gasteiger partial charge >= 0.3 is 0 Å². The molecule has 0 N–H and O–H groups in total. The van der Waals surface area contributed by atoms with Crippen LogP contribution in [0, 0.1) is 0 Å². The smallest absolute Gasteiger partial charge is 0.134 e. The molecule has 12 heavy (non-hydrogen) atoms. The molecule has 1 atom stereocenters. The molecule has 66 valence electrons. The zero-order chi connectivity index (χ0) is 9.14. The molecule has 0 spiro atoms. The second-order valence-corrected chi connectivity index (χ2v) is 4.48. The highest BCUT2D eigenvalue weighted by Gasteiger charge is 2.03. The van der Waals surface area contributed by atoms with Crippen LogP contribution < -0.4 is 4.74 Å². The van der Waals surface area contributed by atoms with Gasteiger partial charge in [-0.1, -0.05) is 0 Å². The van der Waals surface area contributed by atoms with E-state index >= 15 is 0 Å². The number of ether oxygens (including phenoxy) is 1. The standard InChI is InChI=1S/C8H9BrO2S/c1-11-8-5-6(12(2)10)3-4-7(8)9/h3-5H,1-2H3/t12-/m1/s1. The maximum atomic E-state index is 11.1. The molecule has 0 bridgehead atoms. The summed E-state index contributed by atoms with van der Waals surface area (Å²) in [5.74, 6) is 0.711. The van der Waals surface area contributed by atoms with E-state index in [4.69, 9.17) is 4.74 Å². The van der Waals surface area contributed by atoms with Crippen LogP contribution in [-0.2, 0) is 10.8 Å². The summed E-state index contributed by atoms with van der Waals surface area (Å²) >= 11 is 3.32. The fourth-order valence-electron chi connectivity index (χ4n) is 0.819. The molecule has 1 aromatic carbocycles. The molecule has 0 heterocycles. The predicted molar refractivity (Wildman–Crippen MR) is 53.0 cm³/mol. The molecule has 0 amide bonds. The first-order valence-corrected chi connectivity index (χ1v) is 5.67. The maximum Gasteiger partial charge on any atom is 0.134 e. The number of methoxy groups -OCH3 is 1. The van der Waals surface area contributed by atoms with Gasteiger partial charge in [0.15, 0.2) is 0 Å². The Labute approximate surface area is 82.5 Å². The third-order valence-electron chi connectivity index (χ3n) is 1.45. The van der Waals surface area contributed by atoms with E-state index in [1.165, 1.54) is 0 Å². The molecule has 4 heteroatoms. The van der Waals surface area contributed by atoms with Gasteiger partial charge in [-0.2, -0.15) is 0 Å². The monoisotopic (exact) mass is 248 g/mol. The van der Waals surface area contributed by atoms with Gasteiger partial charge in [0.2, 0.25) is 0 Å². The van der Waals surface area contributed by atoms with Crippen LogP contribution in [0.3, 0.4) is 0 Å². The molecule has 0 fully saturated rings. The van der Waals surface area contributed by atoms with E-state index in [1.54, 1.807) is 19.4 Å². The summed E-state index contributed by atoms with van der Waals surface area (Å²) < 4.78 is 17.0. The third kappa shape index (κ3) is 2.08. The van der Waals surface area contributed by atoms with E-state index in [9.17, 15) is 4.21 Å². The Morgan fingerprint density at radius 3 is 2.67 bits per heavy atom. The highest BCUT2D eigenvalue weighted by atomic mass is 79.9. The Morgan fingerprint density at radius 2 is 2.17 bits per heavy atom. The lowest BCUT2D eigenvalue weighted by atomic mass is 10.3. The molecular formula is C8H9BrO2S. The van der Waals surface area contributed by atoms with Gasteiger partial charge in [-0.05, 0) is 34.1 Å². The van der Waals surface area contributed by atoms with Gasteiger partial charge < -0.3 is 4.74 Å². The average molecular weight is 249 g/mol. The van der Waals surface area contributed by atoms with Crippen molar-refractivity contribution in [3.05, 3.63) is 22.7 Å². The lowest BCUT2D eigenvalue weighted by molar-refractivity contribution is 0.411. The second-order valence-electron chi connectivity index (χ2n) is 2.25. The van der Waals surface area contributed by atoms with Crippen molar-refractivity contribution in [2.45, 2.75) is 4.90 Å². The van der Waals surface area contributed by atoms with E-state index in [2.05, 4.69) is 15.9 Å². The van der Waals surface area contributed by atoms with Gasteiger partial charge in [-0.15, -0.1) is 0 Å². The summed E-state index contributed by atoms with van der Waals surface area (Å²) in [7, 11) is 0.636. The predicted octanol–water partition coefficient (Wildman–Crippen LogP) is 2.20. The average Bonchev–Trinajstić information content (AvgIpc) is 2.05. The first kappa shape index (κ1) is 9.74. The Bertz CT molecular complexity index is 312. The van der Waals surface area contributed by atoms with Crippen molar-refractivity contribution < 1.29 is 8.95 Å². The SMILES string of the molecule is COc1cc([S@@](C)=O)ccc1Br. The molecule has 0 aromatic heterocycles. The van der Waals surface area contributed by atoms with Gasteiger partial charge in [-0.3, -0.25) is 4.21 Å².